The lowest BCUT2D eigenvalue weighted by atomic mass is 10.0. The number of carbonyl (C=O) groups excluding carboxylic acids is 1. The largest absolute Gasteiger partial charge is 0.465 e. The van der Waals surface area contributed by atoms with Crippen molar-refractivity contribution in [3.63, 3.8) is 0 Å². The second kappa shape index (κ2) is 9.50. The first-order valence-corrected chi connectivity index (χ1v) is 11.3. The Bertz CT molecular complexity index is 699. The number of esters is 1. The fraction of sp³-hybridized carbons (Fsp3) is 0.778. The summed E-state index contributed by atoms with van der Waals surface area (Å²) >= 11 is 0. The van der Waals surface area contributed by atoms with Gasteiger partial charge in [0.2, 0.25) is 15.0 Å². The van der Waals surface area contributed by atoms with Gasteiger partial charge < -0.3 is 9.30 Å². The lowest BCUT2D eigenvalue weighted by molar-refractivity contribution is -0.151. The fourth-order valence-electron chi connectivity index (χ4n) is 3.34. The first-order valence-electron chi connectivity index (χ1n) is 9.62. The van der Waals surface area contributed by atoms with Crippen molar-refractivity contribution < 1.29 is 17.9 Å². The fourth-order valence-corrected chi connectivity index (χ4v) is 4.36. The third-order valence-corrected chi connectivity index (χ3v) is 6.47. The van der Waals surface area contributed by atoms with Crippen molar-refractivity contribution in [2.75, 3.05) is 18.9 Å². The molecule has 1 aromatic rings. The highest BCUT2D eigenvalue weighted by molar-refractivity contribution is 7.91. The normalized spacial score (nSPS) is 18.8. The number of hydrogen-bond donors (Lipinski definition) is 0. The van der Waals surface area contributed by atoms with Crippen LogP contribution in [-0.2, 0) is 32.5 Å². The number of aromatic nitrogens is 2. The summed E-state index contributed by atoms with van der Waals surface area (Å²) < 4.78 is 31.8. The smallest absolute Gasteiger partial charge is 0.323 e. The Morgan fingerprint density at radius 1 is 1.31 bits per heavy atom. The predicted octanol–water partition coefficient (Wildman–Crippen LogP) is 2.39. The van der Waals surface area contributed by atoms with E-state index < -0.39 is 9.84 Å². The van der Waals surface area contributed by atoms with E-state index in [4.69, 9.17) is 4.74 Å². The molecule has 2 rings (SSSR count). The summed E-state index contributed by atoms with van der Waals surface area (Å²) in [5.41, 5.74) is 0.849. The molecule has 1 atom stereocenters. The first kappa shape index (κ1) is 20.9. The molecule has 0 saturated carbocycles. The number of piperidine rings is 1. The molecule has 2 heterocycles. The molecule has 1 saturated heterocycles. The van der Waals surface area contributed by atoms with E-state index in [1.54, 1.807) is 13.1 Å². The van der Waals surface area contributed by atoms with Gasteiger partial charge in [-0.15, -0.1) is 0 Å². The van der Waals surface area contributed by atoms with Gasteiger partial charge in [0.15, 0.2) is 0 Å². The van der Waals surface area contributed by atoms with E-state index in [1.807, 2.05) is 11.5 Å². The Labute approximate surface area is 156 Å². The molecule has 148 valence electrons. The summed E-state index contributed by atoms with van der Waals surface area (Å²) in [6.45, 7) is 7.83. The highest BCUT2D eigenvalue weighted by Gasteiger charge is 2.31. The van der Waals surface area contributed by atoms with Gasteiger partial charge in [0.25, 0.3) is 0 Å². The minimum absolute atomic E-state index is 0.0325. The average Bonchev–Trinajstić information content (AvgIpc) is 3.04. The summed E-state index contributed by atoms with van der Waals surface area (Å²) in [6.07, 6.45) is 6.32. The zero-order valence-electron chi connectivity index (χ0n) is 16.1. The molecule has 0 N–H and O–H groups in total. The Kier molecular flexibility index (Phi) is 7.64. The van der Waals surface area contributed by atoms with Gasteiger partial charge in [0.05, 0.1) is 24.3 Å². The molecule has 1 aromatic heterocycles. The number of sulfone groups is 1. The zero-order valence-corrected chi connectivity index (χ0v) is 16.9. The van der Waals surface area contributed by atoms with Crippen LogP contribution in [-0.4, -0.2) is 53.8 Å². The van der Waals surface area contributed by atoms with E-state index >= 15 is 0 Å². The van der Waals surface area contributed by atoms with Gasteiger partial charge in [-0.2, -0.15) is 0 Å². The molecule has 0 spiro atoms. The number of unbranched alkanes of at least 4 members (excludes halogenated alkanes) is 1. The van der Waals surface area contributed by atoms with Crippen LogP contribution in [0.15, 0.2) is 11.4 Å². The number of nitrogens with zero attached hydrogens (tertiary/aromatic N) is 3. The number of likely N-dealkylation sites (tertiary alicyclic amines) is 1. The molecule has 0 unspecified atom stereocenters. The monoisotopic (exact) mass is 385 g/mol. The van der Waals surface area contributed by atoms with Gasteiger partial charge in [0, 0.05) is 13.1 Å². The molecule has 26 heavy (non-hydrogen) atoms. The van der Waals surface area contributed by atoms with Crippen LogP contribution >= 0.6 is 0 Å². The maximum Gasteiger partial charge on any atom is 0.323 e. The highest BCUT2D eigenvalue weighted by atomic mass is 32.2. The lowest BCUT2D eigenvalue weighted by Crippen LogP contribution is -2.45. The summed E-state index contributed by atoms with van der Waals surface area (Å²) in [4.78, 5) is 18.6. The second-order valence-corrected chi connectivity index (χ2v) is 8.85. The minimum Gasteiger partial charge on any atom is -0.465 e. The van der Waals surface area contributed by atoms with E-state index in [2.05, 4.69) is 16.8 Å². The maximum atomic E-state index is 12.4. The zero-order chi connectivity index (χ0) is 19.2. The van der Waals surface area contributed by atoms with E-state index in [0.717, 1.165) is 44.3 Å². The number of ether oxygens (including phenoxy) is 1. The van der Waals surface area contributed by atoms with Gasteiger partial charge >= 0.3 is 5.97 Å². The van der Waals surface area contributed by atoms with Crippen LogP contribution in [0, 0.1) is 0 Å². The SMILES string of the molecule is CCCCn1c(CN2CCCC[C@H]2C(=O)OCC)cnc1S(=O)(=O)CC. The van der Waals surface area contributed by atoms with E-state index in [1.165, 1.54) is 0 Å². The van der Waals surface area contributed by atoms with Gasteiger partial charge in [0.1, 0.15) is 6.04 Å². The number of hydrogen-bond acceptors (Lipinski definition) is 6. The summed E-state index contributed by atoms with van der Waals surface area (Å²) in [6, 6.07) is -0.260. The highest BCUT2D eigenvalue weighted by Crippen LogP contribution is 2.23. The van der Waals surface area contributed by atoms with Gasteiger partial charge in [-0.05, 0) is 32.7 Å². The topological polar surface area (TPSA) is 81.5 Å². The summed E-state index contributed by atoms with van der Waals surface area (Å²) in [5, 5.41) is 0.146. The molecule has 1 fully saturated rings. The molecule has 0 bridgehead atoms. The van der Waals surface area contributed by atoms with Crippen LogP contribution in [0.3, 0.4) is 0 Å². The molecule has 8 heteroatoms. The van der Waals surface area contributed by atoms with E-state index in [0.29, 0.717) is 19.7 Å². The number of rotatable bonds is 9. The molecular formula is C18H31N3O4S. The van der Waals surface area contributed by atoms with Crippen LogP contribution in [0.2, 0.25) is 0 Å². The number of carbonyl (C=O) groups is 1. The van der Waals surface area contributed by atoms with Crippen LogP contribution < -0.4 is 0 Å². The van der Waals surface area contributed by atoms with Crippen LogP contribution in [0.5, 0.6) is 0 Å². The van der Waals surface area contributed by atoms with Crippen LogP contribution in [0.1, 0.15) is 58.6 Å². The minimum atomic E-state index is -3.38. The lowest BCUT2D eigenvalue weighted by Gasteiger charge is -2.34. The Hall–Kier alpha value is -1.41. The molecular weight excluding hydrogens is 354 g/mol. The van der Waals surface area contributed by atoms with Crippen molar-refractivity contribution in [3.8, 4) is 0 Å². The van der Waals surface area contributed by atoms with Crippen molar-refractivity contribution in [2.45, 2.75) is 77.2 Å². The molecule has 0 radical (unpaired) electrons. The molecule has 0 aliphatic carbocycles. The maximum absolute atomic E-state index is 12.4. The van der Waals surface area contributed by atoms with Gasteiger partial charge in [-0.3, -0.25) is 9.69 Å². The Morgan fingerprint density at radius 2 is 2.08 bits per heavy atom. The average molecular weight is 386 g/mol. The summed E-state index contributed by atoms with van der Waals surface area (Å²) in [5.74, 6) is -0.154. The van der Waals surface area contributed by atoms with Crippen molar-refractivity contribution >= 4 is 15.8 Å². The predicted molar refractivity (Wildman–Crippen MR) is 99.5 cm³/mol. The molecule has 0 amide bonds. The molecule has 0 aromatic carbocycles. The third kappa shape index (κ3) is 4.85. The second-order valence-electron chi connectivity index (χ2n) is 6.67. The van der Waals surface area contributed by atoms with Crippen molar-refractivity contribution in [1.29, 1.82) is 0 Å². The molecule has 1 aliphatic heterocycles. The molecule has 1 aliphatic rings. The Morgan fingerprint density at radius 3 is 2.73 bits per heavy atom. The molecule has 7 nitrogen and oxygen atoms in total. The van der Waals surface area contributed by atoms with Crippen molar-refractivity contribution in [2.24, 2.45) is 0 Å². The van der Waals surface area contributed by atoms with E-state index in [-0.39, 0.29) is 22.9 Å². The summed E-state index contributed by atoms with van der Waals surface area (Å²) in [7, 11) is -3.38. The van der Waals surface area contributed by atoms with Crippen LogP contribution in [0.4, 0.5) is 0 Å². The third-order valence-electron chi connectivity index (χ3n) is 4.83. The number of imidazole rings is 1. The van der Waals surface area contributed by atoms with Crippen LogP contribution in [0.25, 0.3) is 0 Å². The van der Waals surface area contributed by atoms with Crippen molar-refractivity contribution in [1.82, 2.24) is 14.5 Å². The van der Waals surface area contributed by atoms with E-state index in [9.17, 15) is 13.2 Å². The quantitative estimate of drug-likeness (QED) is 0.607. The van der Waals surface area contributed by atoms with Gasteiger partial charge in [-0.25, -0.2) is 13.4 Å². The first-order chi connectivity index (χ1) is 12.4. The van der Waals surface area contributed by atoms with Gasteiger partial charge in [-0.1, -0.05) is 26.7 Å². The Balaban J connectivity index is 2.27. The standard InChI is InChI=1S/C18H31N3O4S/c1-4-7-12-21-15(13-19-18(21)26(23,24)6-3)14-20-11-9-8-10-16(20)17(22)25-5-2/h13,16H,4-12,14H2,1-3H3/t16-/m0/s1. The van der Waals surface area contributed by atoms with Crippen molar-refractivity contribution in [3.05, 3.63) is 11.9 Å².